The minimum absolute atomic E-state index is 0.117. The van der Waals surface area contributed by atoms with E-state index in [0.717, 1.165) is 11.8 Å². The second kappa shape index (κ2) is 7.79. The lowest BCUT2D eigenvalue weighted by Crippen LogP contribution is -2.25. The minimum atomic E-state index is -0.751. The van der Waals surface area contributed by atoms with Crippen LogP contribution in [0.25, 0.3) is 16.8 Å². The molecule has 0 aliphatic carbocycles. The lowest BCUT2D eigenvalue weighted by Gasteiger charge is -2.16. The van der Waals surface area contributed by atoms with Crippen LogP contribution in [0.3, 0.4) is 0 Å². The van der Waals surface area contributed by atoms with Crippen LogP contribution in [-0.2, 0) is 6.42 Å². The van der Waals surface area contributed by atoms with E-state index >= 15 is 0 Å². The molecule has 6 nitrogen and oxygen atoms in total. The van der Waals surface area contributed by atoms with E-state index in [1.165, 1.54) is 16.6 Å². The summed E-state index contributed by atoms with van der Waals surface area (Å²) >= 11 is 0. The fourth-order valence-electron chi connectivity index (χ4n) is 3.49. The van der Waals surface area contributed by atoms with Gasteiger partial charge in [-0.1, -0.05) is 19.9 Å². The molecule has 4 aromatic rings. The molecule has 3 N–H and O–H groups in total. The van der Waals surface area contributed by atoms with Crippen molar-refractivity contribution in [3.63, 3.8) is 0 Å². The predicted molar refractivity (Wildman–Crippen MR) is 110 cm³/mol. The van der Waals surface area contributed by atoms with Crippen LogP contribution < -0.4 is 11.3 Å². The van der Waals surface area contributed by atoms with E-state index in [-0.39, 0.29) is 17.9 Å². The summed E-state index contributed by atoms with van der Waals surface area (Å²) in [6, 6.07) is 7.84. The number of pyridine rings is 1. The summed E-state index contributed by atoms with van der Waals surface area (Å²) in [5.74, 6) is -1.12. The maximum atomic E-state index is 13.6. The lowest BCUT2D eigenvalue weighted by atomic mass is 9.97. The van der Waals surface area contributed by atoms with Gasteiger partial charge in [-0.2, -0.15) is 0 Å². The Labute approximate surface area is 171 Å². The summed E-state index contributed by atoms with van der Waals surface area (Å²) in [6.45, 7) is 4.06. The van der Waals surface area contributed by atoms with Gasteiger partial charge in [-0.15, -0.1) is 0 Å². The van der Waals surface area contributed by atoms with Gasteiger partial charge in [0.1, 0.15) is 11.6 Å². The molecule has 154 valence electrons. The second-order valence-corrected chi connectivity index (χ2v) is 7.55. The zero-order valence-corrected chi connectivity index (χ0v) is 16.6. The summed E-state index contributed by atoms with van der Waals surface area (Å²) in [6.07, 6.45) is 3.35. The molecule has 0 aliphatic rings. The topological polar surface area (TPSA) is 89.1 Å². The summed E-state index contributed by atoms with van der Waals surface area (Å²) in [5, 5.41) is 2.84. The average molecular weight is 409 g/mol. The van der Waals surface area contributed by atoms with Crippen molar-refractivity contribution in [3.05, 3.63) is 87.7 Å². The molecule has 3 aromatic heterocycles. The van der Waals surface area contributed by atoms with Gasteiger partial charge in [0.25, 0.3) is 5.56 Å². The monoisotopic (exact) mass is 409 g/mol. The predicted octanol–water partition coefficient (Wildman–Crippen LogP) is 3.73. The van der Waals surface area contributed by atoms with Crippen molar-refractivity contribution < 1.29 is 8.78 Å². The number of halogens is 2. The van der Waals surface area contributed by atoms with E-state index in [2.05, 4.69) is 15.1 Å². The maximum Gasteiger partial charge on any atom is 0.280 e. The molecule has 1 aromatic carbocycles. The Morgan fingerprint density at radius 1 is 1.13 bits per heavy atom. The van der Waals surface area contributed by atoms with E-state index in [1.54, 1.807) is 18.5 Å². The van der Waals surface area contributed by atoms with Crippen molar-refractivity contribution >= 4 is 5.65 Å². The first-order valence-corrected chi connectivity index (χ1v) is 9.60. The van der Waals surface area contributed by atoms with Crippen LogP contribution in [0.15, 0.2) is 53.6 Å². The molecule has 0 radical (unpaired) electrons. The zero-order valence-electron chi connectivity index (χ0n) is 16.6. The summed E-state index contributed by atoms with van der Waals surface area (Å²) < 4.78 is 28.5. The average Bonchev–Trinajstić information content (AvgIpc) is 3.16. The number of nitrogens with zero attached hydrogens (tertiary/aromatic N) is 3. The standard InChI is InChI=1S/C22H21F2N5O/c1-12(2)18-4-3-14(11-26-18)20-21(28-19-5-6-27-29(19)22(20)30)17(25)9-13-7-15(23)10-16(24)8-13/h3-8,10-12,17,27H,9,25H2,1-2H3. The van der Waals surface area contributed by atoms with Gasteiger partial charge >= 0.3 is 0 Å². The quantitative estimate of drug-likeness (QED) is 0.526. The first kappa shape index (κ1) is 19.9. The molecule has 0 aliphatic heterocycles. The Kier molecular flexibility index (Phi) is 5.17. The fraction of sp³-hybridized carbons (Fsp3) is 0.227. The van der Waals surface area contributed by atoms with Gasteiger partial charge in [0.15, 0.2) is 5.65 Å². The smallest absolute Gasteiger partial charge is 0.280 e. The maximum absolute atomic E-state index is 13.6. The molecule has 30 heavy (non-hydrogen) atoms. The lowest BCUT2D eigenvalue weighted by molar-refractivity contribution is 0.575. The molecule has 0 saturated carbocycles. The number of aromatic amines is 1. The SMILES string of the molecule is CC(C)c1ccc(-c2c(C(N)Cc3cc(F)cc(F)c3)nc3cc[nH]n3c2=O)cn1. The third-order valence-electron chi connectivity index (χ3n) is 4.97. The van der Waals surface area contributed by atoms with Gasteiger partial charge in [-0.3, -0.25) is 14.9 Å². The molecule has 0 bridgehead atoms. The van der Waals surface area contributed by atoms with Crippen molar-refractivity contribution in [2.75, 3.05) is 0 Å². The Morgan fingerprint density at radius 3 is 2.50 bits per heavy atom. The van der Waals surface area contributed by atoms with Crippen LogP contribution in [0.4, 0.5) is 8.78 Å². The van der Waals surface area contributed by atoms with Crippen LogP contribution >= 0.6 is 0 Å². The number of fused-ring (bicyclic) bond motifs is 1. The zero-order chi connectivity index (χ0) is 21.4. The number of nitrogens with one attached hydrogen (secondary N) is 1. The largest absolute Gasteiger partial charge is 0.322 e. The Balaban J connectivity index is 1.83. The first-order valence-electron chi connectivity index (χ1n) is 9.60. The highest BCUT2D eigenvalue weighted by Gasteiger charge is 2.21. The molecule has 0 fully saturated rings. The molecule has 0 amide bonds. The number of nitrogens with two attached hydrogens (primary N) is 1. The Morgan fingerprint density at radius 2 is 1.87 bits per heavy atom. The van der Waals surface area contributed by atoms with Crippen LogP contribution in [0.2, 0.25) is 0 Å². The number of benzene rings is 1. The van der Waals surface area contributed by atoms with Crippen molar-refractivity contribution in [3.8, 4) is 11.1 Å². The molecule has 0 spiro atoms. The highest BCUT2D eigenvalue weighted by molar-refractivity contribution is 5.66. The number of rotatable bonds is 5. The number of hydrogen-bond acceptors (Lipinski definition) is 4. The van der Waals surface area contributed by atoms with E-state index in [9.17, 15) is 13.6 Å². The van der Waals surface area contributed by atoms with Gasteiger partial charge in [0.2, 0.25) is 0 Å². The minimum Gasteiger partial charge on any atom is -0.322 e. The van der Waals surface area contributed by atoms with Crippen molar-refractivity contribution in [1.29, 1.82) is 0 Å². The van der Waals surface area contributed by atoms with Gasteiger partial charge in [-0.05, 0) is 36.1 Å². The molecule has 0 saturated heterocycles. The van der Waals surface area contributed by atoms with Gasteiger partial charge in [0, 0.05) is 35.8 Å². The molecular weight excluding hydrogens is 388 g/mol. The van der Waals surface area contributed by atoms with Crippen LogP contribution in [-0.4, -0.2) is 19.6 Å². The Hall–Kier alpha value is -3.39. The van der Waals surface area contributed by atoms with Crippen LogP contribution in [0.5, 0.6) is 0 Å². The van der Waals surface area contributed by atoms with Gasteiger partial charge in [0.05, 0.1) is 17.3 Å². The van der Waals surface area contributed by atoms with E-state index < -0.39 is 17.7 Å². The number of H-pyrrole nitrogens is 1. The van der Waals surface area contributed by atoms with E-state index in [1.807, 2.05) is 26.0 Å². The van der Waals surface area contributed by atoms with E-state index in [4.69, 9.17) is 5.73 Å². The molecule has 8 heteroatoms. The Bertz CT molecular complexity index is 1240. The summed E-state index contributed by atoms with van der Waals surface area (Å²) in [4.78, 5) is 22.2. The summed E-state index contributed by atoms with van der Waals surface area (Å²) in [7, 11) is 0. The number of aromatic nitrogens is 4. The first-order chi connectivity index (χ1) is 14.3. The molecule has 4 rings (SSSR count). The van der Waals surface area contributed by atoms with Crippen molar-refractivity contribution in [2.24, 2.45) is 5.73 Å². The molecular formula is C22H21F2N5O. The normalized spacial score (nSPS) is 12.6. The summed E-state index contributed by atoms with van der Waals surface area (Å²) in [5.41, 5.74) is 9.00. The second-order valence-electron chi connectivity index (χ2n) is 7.55. The highest BCUT2D eigenvalue weighted by Crippen LogP contribution is 2.26. The van der Waals surface area contributed by atoms with Gasteiger partial charge < -0.3 is 5.73 Å². The van der Waals surface area contributed by atoms with Crippen molar-refractivity contribution in [2.45, 2.75) is 32.2 Å². The molecule has 3 heterocycles. The van der Waals surface area contributed by atoms with Crippen molar-refractivity contribution in [1.82, 2.24) is 19.6 Å². The highest BCUT2D eigenvalue weighted by atomic mass is 19.1. The van der Waals surface area contributed by atoms with Crippen LogP contribution in [0, 0.1) is 11.6 Å². The van der Waals surface area contributed by atoms with E-state index in [0.29, 0.717) is 28.0 Å². The van der Waals surface area contributed by atoms with Gasteiger partial charge in [-0.25, -0.2) is 18.3 Å². The fourth-order valence-corrected chi connectivity index (χ4v) is 3.49. The number of hydrogen-bond donors (Lipinski definition) is 2. The third-order valence-corrected chi connectivity index (χ3v) is 4.97. The third kappa shape index (κ3) is 3.73. The van der Waals surface area contributed by atoms with Crippen LogP contribution in [0.1, 0.15) is 42.8 Å². The molecule has 1 unspecified atom stereocenters. The molecule has 1 atom stereocenters.